The van der Waals surface area contributed by atoms with Crippen molar-refractivity contribution in [1.82, 2.24) is 18.7 Å². The van der Waals surface area contributed by atoms with Crippen LogP contribution in [0.4, 0.5) is 5.69 Å². The number of nitrogens with one attached hydrogen (secondary N) is 1. The van der Waals surface area contributed by atoms with Gasteiger partial charge in [-0.05, 0) is 37.0 Å². The number of hydrogen-bond acceptors (Lipinski definition) is 4. The summed E-state index contributed by atoms with van der Waals surface area (Å²) in [6.07, 6.45) is 6.08. The van der Waals surface area contributed by atoms with Gasteiger partial charge >= 0.3 is 5.69 Å². The van der Waals surface area contributed by atoms with E-state index in [4.69, 9.17) is 0 Å². The molecule has 0 aliphatic rings. The maximum absolute atomic E-state index is 13.2. The van der Waals surface area contributed by atoms with Gasteiger partial charge in [0.15, 0.2) is 11.2 Å². The smallest absolute Gasteiger partial charge is 0.325 e. The first-order valence-corrected chi connectivity index (χ1v) is 11.1. The fraction of sp³-hybridized carbons (Fsp3) is 0.478. The first-order valence-electron chi connectivity index (χ1n) is 11.1. The summed E-state index contributed by atoms with van der Waals surface area (Å²) in [7, 11) is 0. The summed E-state index contributed by atoms with van der Waals surface area (Å²) in [6.45, 7) is 6.93. The molecule has 0 atom stereocenters. The molecule has 8 nitrogen and oxygen atoms in total. The molecule has 0 saturated heterocycles. The van der Waals surface area contributed by atoms with E-state index in [0.29, 0.717) is 29.9 Å². The fourth-order valence-corrected chi connectivity index (χ4v) is 3.56. The fourth-order valence-electron chi connectivity index (χ4n) is 3.56. The van der Waals surface area contributed by atoms with Crippen LogP contribution in [0.3, 0.4) is 0 Å². The highest BCUT2D eigenvalue weighted by Gasteiger charge is 2.19. The summed E-state index contributed by atoms with van der Waals surface area (Å²) in [4.78, 5) is 43.3. The van der Waals surface area contributed by atoms with E-state index in [9.17, 15) is 14.4 Å². The van der Waals surface area contributed by atoms with Crippen molar-refractivity contribution in [3.63, 3.8) is 0 Å². The number of rotatable bonds is 10. The number of aromatic nitrogens is 4. The van der Waals surface area contributed by atoms with E-state index in [1.165, 1.54) is 10.1 Å². The molecule has 0 spiro atoms. The summed E-state index contributed by atoms with van der Waals surface area (Å²) in [5.74, 6) is -0.413. The standard InChI is InChI=1S/C23H31N5O3/c1-4-7-13-26-16-24-21-20(26)22(30)28(23(31)27(21)14-8-5-2)15-19(29)25-18-11-9-17(6-3)10-12-18/h9-12,16H,4-8,13-15H2,1-3H3,(H,25,29). The van der Waals surface area contributed by atoms with Gasteiger partial charge in [-0.3, -0.25) is 14.2 Å². The van der Waals surface area contributed by atoms with Crippen LogP contribution >= 0.6 is 0 Å². The van der Waals surface area contributed by atoms with Crippen LogP contribution in [-0.4, -0.2) is 24.6 Å². The minimum Gasteiger partial charge on any atom is -0.325 e. The molecule has 31 heavy (non-hydrogen) atoms. The average molecular weight is 426 g/mol. The topological polar surface area (TPSA) is 90.9 Å². The molecule has 0 radical (unpaired) electrons. The predicted octanol–water partition coefficient (Wildman–Crippen LogP) is 3.16. The lowest BCUT2D eigenvalue weighted by atomic mass is 10.1. The zero-order chi connectivity index (χ0) is 22.4. The number of unbranched alkanes of at least 4 members (excludes halogenated alkanes) is 2. The Balaban J connectivity index is 1.98. The molecule has 0 aliphatic heterocycles. The van der Waals surface area contributed by atoms with E-state index in [-0.39, 0.29) is 6.54 Å². The van der Waals surface area contributed by atoms with Crippen LogP contribution in [0.5, 0.6) is 0 Å². The van der Waals surface area contributed by atoms with Gasteiger partial charge in [-0.25, -0.2) is 14.3 Å². The molecular weight excluding hydrogens is 394 g/mol. The Morgan fingerprint density at radius 2 is 1.65 bits per heavy atom. The van der Waals surface area contributed by atoms with Gasteiger partial charge in [0, 0.05) is 18.8 Å². The summed E-state index contributed by atoms with van der Waals surface area (Å²) in [6, 6.07) is 7.53. The van der Waals surface area contributed by atoms with Gasteiger partial charge in [-0.2, -0.15) is 0 Å². The second-order valence-corrected chi connectivity index (χ2v) is 7.74. The Morgan fingerprint density at radius 3 is 2.29 bits per heavy atom. The van der Waals surface area contributed by atoms with E-state index in [1.54, 1.807) is 10.9 Å². The third-order valence-electron chi connectivity index (χ3n) is 5.42. The monoisotopic (exact) mass is 425 g/mol. The molecule has 3 aromatic rings. The summed E-state index contributed by atoms with van der Waals surface area (Å²) < 4.78 is 4.34. The number of amides is 1. The van der Waals surface area contributed by atoms with E-state index in [0.717, 1.165) is 36.7 Å². The number of benzene rings is 1. The number of fused-ring (bicyclic) bond motifs is 1. The van der Waals surface area contributed by atoms with Crippen molar-refractivity contribution in [1.29, 1.82) is 0 Å². The molecule has 1 aromatic carbocycles. The van der Waals surface area contributed by atoms with Crippen LogP contribution in [0.1, 0.15) is 52.0 Å². The number of anilines is 1. The van der Waals surface area contributed by atoms with Gasteiger partial charge in [-0.1, -0.05) is 45.7 Å². The Hall–Kier alpha value is -3.16. The van der Waals surface area contributed by atoms with E-state index >= 15 is 0 Å². The SMILES string of the molecule is CCCCn1cnc2c1c(=O)n(CC(=O)Nc1ccc(CC)cc1)c(=O)n2CCCC. The number of nitrogens with zero attached hydrogens (tertiary/aromatic N) is 4. The van der Waals surface area contributed by atoms with Crippen molar-refractivity contribution in [2.45, 2.75) is 72.5 Å². The number of carbonyl (C=O) groups excluding carboxylic acids is 1. The number of hydrogen-bond donors (Lipinski definition) is 1. The van der Waals surface area contributed by atoms with Crippen LogP contribution in [0, 0.1) is 0 Å². The molecule has 1 amide bonds. The molecule has 0 saturated carbocycles. The first-order chi connectivity index (χ1) is 15.0. The Morgan fingerprint density at radius 1 is 0.968 bits per heavy atom. The highest BCUT2D eigenvalue weighted by molar-refractivity contribution is 5.90. The third kappa shape index (κ3) is 4.95. The van der Waals surface area contributed by atoms with Gasteiger partial charge in [0.1, 0.15) is 6.54 Å². The molecule has 3 rings (SSSR count). The predicted molar refractivity (Wildman–Crippen MR) is 123 cm³/mol. The molecule has 2 heterocycles. The number of aryl methyl sites for hydroxylation is 3. The molecule has 0 fully saturated rings. The van der Waals surface area contributed by atoms with Crippen LogP contribution in [0.2, 0.25) is 0 Å². The van der Waals surface area contributed by atoms with Gasteiger partial charge < -0.3 is 9.88 Å². The normalized spacial score (nSPS) is 11.2. The lowest BCUT2D eigenvalue weighted by molar-refractivity contribution is -0.116. The van der Waals surface area contributed by atoms with Crippen molar-refractivity contribution in [2.75, 3.05) is 5.32 Å². The molecule has 0 aliphatic carbocycles. The van der Waals surface area contributed by atoms with Crippen LogP contribution in [0.15, 0.2) is 40.2 Å². The Labute approximate surface area is 181 Å². The molecule has 2 aromatic heterocycles. The number of carbonyl (C=O) groups is 1. The van der Waals surface area contributed by atoms with Crippen molar-refractivity contribution < 1.29 is 4.79 Å². The number of imidazole rings is 1. The molecule has 1 N–H and O–H groups in total. The molecule has 0 unspecified atom stereocenters. The lowest BCUT2D eigenvalue weighted by Crippen LogP contribution is -2.43. The highest BCUT2D eigenvalue weighted by Crippen LogP contribution is 2.11. The quantitative estimate of drug-likeness (QED) is 0.540. The van der Waals surface area contributed by atoms with E-state index in [1.807, 2.05) is 31.2 Å². The van der Waals surface area contributed by atoms with Crippen molar-refractivity contribution in [3.8, 4) is 0 Å². The summed E-state index contributed by atoms with van der Waals surface area (Å²) in [5, 5.41) is 2.78. The van der Waals surface area contributed by atoms with Crippen molar-refractivity contribution in [2.24, 2.45) is 0 Å². The van der Waals surface area contributed by atoms with Crippen molar-refractivity contribution >= 4 is 22.8 Å². The average Bonchev–Trinajstić information content (AvgIpc) is 3.19. The second-order valence-electron chi connectivity index (χ2n) is 7.74. The minimum atomic E-state index is -0.497. The molecule has 166 valence electrons. The zero-order valence-electron chi connectivity index (χ0n) is 18.6. The third-order valence-corrected chi connectivity index (χ3v) is 5.42. The van der Waals surface area contributed by atoms with Gasteiger partial charge in [-0.15, -0.1) is 0 Å². The Bertz CT molecular complexity index is 1150. The molecule has 8 heteroatoms. The maximum atomic E-state index is 13.2. The first kappa shape index (κ1) is 22.5. The van der Waals surface area contributed by atoms with Crippen LogP contribution in [-0.2, 0) is 30.8 Å². The summed E-state index contributed by atoms with van der Waals surface area (Å²) >= 11 is 0. The molecule has 0 bridgehead atoms. The van der Waals surface area contributed by atoms with Gasteiger partial charge in [0.05, 0.1) is 6.33 Å². The van der Waals surface area contributed by atoms with Gasteiger partial charge in [0.2, 0.25) is 5.91 Å². The van der Waals surface area contributed by atoms with Gasteiger partial charge in [0.25, 0.3) is 5.56 Å². The summed E-state index contributed by atoms with van der Waals surface area (Å²) in [5.41, 5.74) is 1.60. The van der Waals surface area contributed by atoms with Crippen molar-refractivity contribution in [3.05, 3.63) is 57.0 Å². The Kier molecular flexibility index (Phi) is 7.44. The van der Waals surface area contributed by atoms with Crippen LogP contribution < -0.4 is 16.6 Å². The highest BCUT2D eigenvalue weighted by atomic mass is 16.2. The minimum absolute atomic E-state index is 0.339. The molecular formula is C23H31N5O3. The van der Waals surface area contributed by atoms with E-state index in [2.05, 4.69) is 24.1 Å². The largest absolute Gasteiger partial charge is 0.333 e. The lowest BCUT2D eigenvalue weighted by Gasteiger charge is -2.13. The van der Waals surface area contributed by atoms with Crippen LogP contribution in [0.25, 0.3) is 11.2 Å². The maximum Gasteiger partial charge on any atom is 0.333 e. The van der Waals surface area contributed by atoms with E-state index < -0.39 is 17.2 Å². The zero-order valence-corrected chi connectivity index (χ0v) is 18.6. The second kappa shape index (κ2) is 10.2.